The fourth-order valence-corrected chi connectivity index (χ4v) is 3.78. The van der Waals surface area contributed by atoms with E-state index in [9.17, 15) is 19.5 Å². The number of hydrogen-bond donors (Lipinski definition) is 4. The minimum Gasteiger partial charge on any atom is -0.384 e. The second kappa shape index (κ2) is 10.00. The Morgan fingerprint density at radius 1 is 1.03 bits per heavy atom. The number of carbonyl (C=O) groups excluding carboxylic acids is 3. The molecule has 0 saturated carbocycles. The van der Waals surface area contributed by atoms with Gasteiger partial charge in [0.05, 0.1) is 13.2 Å². The van der Waals surface area contributed by atoms with Gasteiger partial charge in [0.2, 0.25) is 0 Å². The third-order valence-corrected chi connectivity index (χ3v) is 5.60. The monoisotopic (exact) mass is 467 g/mol. The molecule has 2 heterocycles. The van der Waals surface area contributed by atoms with Gasteiger partial charge in [-0.25, -0.2) is 0 Å². The van der Waals surface area contributed by atoms with Crippen molar-refractivity contribution in [2.24, 2.45) is 5.73 Å². The Morgan fingerprint density at radius 2 is 1.65 bits per heavy atom. The molecule has 5 N–H and O–H groups in total. The lowest BCUT2D eigenvalue weighted by Crippen LogP contribution is -2.55. The molecule has 34 heavy (non-hydrogen) atoms. The van der Waals surface area contributed by atoms with Crippen LogP contribution in [0.2, 0.25) is 0 Å². The van der Waals surface area contributed by atoms with Crippen molar-refractivity contribution in [1.82, 2.24) is 0 Å². The number of nitrogens with zero attached hydrogens (tertiary/aromatic N) is 2. The van der Waals surface area contributed by atoms with Crippen LogP contribution < -0.4 is 20.9 Å². The van der Waals surface area contributed by atoms with Gasteiger partial charge in [0.25, 0.3) is 17.7 Å². The summed E-state index contributed by atoms with van der Waals surface area (Å²) in [6.45, 7) is 1.34. The van der Waals surface area contributed by atoms with Crippen LogP contribution in [0.3, 0.4) is 0 Å². The van der Waals surface area contributed by atoms with Crippen LogP contribution in [0.1, 0.15) is 5.56 Å². The highest BCUT2D eigenvalue weighted by atomic mass is 16.5. The van der Waals surface area contributed by atoms with E-state index in [1.807, 2.05) is 0 Å². The number of nitrogens with one attached hydrogen (secondary N) is 2. The molecule has 0 aliphatic carbocycles. The summed E-state index contributed by atoms with van der Waals surface area (Å²) < 4.78 is 10.6. The number of nitrogens with two attached hydrogens (primary N) is 1. The molecule has 3 amide bonds. The van der Waals surface area contributed by atoms with Crippen molar-refractivity contribution < 1.29 is 29.0 Å². The average Bonchev–Trinajstić information content (AvgIpc) is 2.84. The largest absolute Gasteiger partial charge is 0.384 e. The van der Waals surface area contributed by atoms with Crippen molar-refractivity contribution in [3.8, 4) is 0 Å². The van der Waals surface area contributed by atoms with Gasteiger partial charge in [-0.15, -0.1) is 0 Å². The summed E-state index contributed by atoms with van der Waals surface area (Å²) in [7, 11) is 0. The lowest BCUT2D eigenvalue weighted by atomic mass is 10.1. The summed E-state index contributed by atoms with van der Waals surface area (Å²) in [4.78, 5) is 40.7. The fourth-order valence-electron chi connectivity index (χ4n) is 3.78. The van der Waals surface area contributed by atoms with Gasteiger partial charge in [-0.05, 0) is 48.5 Å². The zero-order valence-corrected chi connectivity index (χ0v) is 18.3. The highest BCUT2D eigenvalue weighted by Gasteiger charge is 2.39. The van der Waals surface area contributed by atoms with E-state index in [1.165, 1.54) is 17.0 Å². The minimum absolute atomic E-state index is 0.0339. The summed E-state index contributed by atoms with van der Waals surface area (Å²) in [5.74, 6) is -1.58. The Balaban J connectivity index is 1.42. The van der Waals surface area contributed by atoms with E-state index < -0.39 is 24.0 Å². The van der Waals surface area contributed by atoms with Gasteiger partial charge < -0.3 is 35.4 Å². The van der Waals surface area contributed by atoms with E-state index in [4.69, 9.17) is 20.6 Å². The van der Waals surface area contributed by atoms with Gasteiger partial charge in [0, 0.05) is 35.7 Å². The second-order valence-corrected chi connectivity index (χ2v) is 7.82. The standard InChI is InChI=1S/C23H25N5O6/c24-21(25)14-1-3-15(4-2-14)26-22(31)19(30)20-23(32)28(10-12-34-20)17-7-5-16(6-8-17)27-9-11-33-13-18(27)29/h1-8,19-20,30H,9-13H2,(H3,24,25)(H,26,31)/t19-,20-/m1/s1. The smallest absolute Gasteiger partial charge is 0.259 e. The third kappa shape index (κ3) is 4.91. The molecular formula is C23H25N5O6. The molecule has 178 valence electrons. The minimum atomic E-state index is -1.73. The van der Waals surface area contributed by atoms with Crippen molar-refractivity contribution in [1.29, 1.82) is 5.41 Å². The van der Waals surface area contributed by atoms with Gasteiger partial charge in [-0.3, -0.25) is 19.8 Å². The van der Waals surface area contributed by atoms with Gasteiger partial charge in [0.1, 0.15) is 12.4 Å². The lowest BCUT2D eigenvalue weighted by molar-refractivity contribution is -0.150. The molecule has 11 nitrogen and oxygen atoms in total. The van der Waals surface area contributed by atoms with E-state index in [-0.39, 0.29) is 31.5 Å². The van der Waals surface area contributed by atoms with Crippen LogP contribution in [0.5, 0.6) is 0 Å². The SMILES string of the molecule is N=C(N)c1ccc(NC(=O)[C@H](O)[C@H]2OCCN(c3ccc(N4CCOCC4=O)cc3)C2=O)cc1. The first-order valence-electron chi connectivity index (χ1n) is 10.7. The van der Waals surface area contributed by atoms with Crippen molar-refractivity contribution in [2.75, 3.05) is 48.0 Å². The Morgan fingerprint density at radius 3 is 2.26 bits per heavy atom. The number of amides is 3. The summed E-state index contributed by atoms with van der Waals surface area (Å²) in [5.41, 5.74) is 7.54. The number of aliphatic hydroxyl groups is 1. The normalized spacial score (nSPS) is 19.6. The summed E-state index contributed by atoms with van der Waals surface area (Å²) in [6.07, 6.45) is -3.10. The number of hydrogen-bond acceptors (Lipinski definition) is 7. The molecule has 2 saturated heterocycles. The summed E-state index contributed by atoms with van der Waals surface area (Å²) in [6, 6.07) is 13.1. The van der Waals surface area contributed by atoms with Crippen LogP contribution >= 0.6 is 0 Å². The number of morpholine rings is 2. The van der Waals surface area contributed by atoms with E-state index >= 15 is 0 Å². The molecule has 4 rings (SSSR count). The predicted molar refractivity (Wildman–Crippen MR) is 124 cm³/mol. The molecule has 2 atom stereocenters. The molecule has 2 aromatic carbocycles. The maximum atomic E-state index is 13.0. The highest BCUT2D eigenvalue weighted by molar-refractivity contribution is 6.04. The zero-order chi connectivity index (χ0) is 24.2. The van der Waals surface area contributed by atoms with Crippen LogP contribution in [0.25, 0.3) is 0 Å². The molecule has 0 bridgehead atoms. The second-order valence-electron chi connectivity index (χ2n) is 7.82. The maximum absolute atomic E-state index is 13.0. The maximum Gasteiger partial charge on any atom is 0.259 e. The summed E-state index contributed by atoms with van der Waals surface area (Å²) in [5, 5.41) is 20.5. The fraction of sp³-hybridized carbons (Fsp3) is 0.304. The molecule has 0 radical (unpaired) electrons. The topological polar surface area (TPSA) is 158 Å². The molecule has 2 fully saturated rings. The number of amidine groups is 1. The molecule has 2 aliphatic heterocycles. The number of benzene rings is 2. The first-order chi connectivity index (χ1) is 16.3. The molecule has 0 aromatic heterocycles. The van der Waals surface area contributed by atoms with Crippen LogP contribution in [-0.2, 0) is 23.9 Å². The lowest BCUT2D eigenvalue weighted by Gasteiger charge is -2.34. The number of anilines is 3. The van der Waals surface area contributed by atoms with Crippen LogP contribution in [0.15, 0.2) is 48.5 Å². The van der Waals surface area contributed by atoms with Crippen molar-refractivity contribution in [2.45, 2.75) is 12.2 Å². The van der Waals surface area contributed by atoms with Gasteiger partial charge >= 0.3 is 0 Å². The molecule has 11 heteroatoms. The molecule has 2 aliphatic rings. The van der Waals surface area contributed by atoms with E-state index in [0.717, 1.165) is 0 Å². The first-order valence-corrected chi connectivity index (χ1v) is 10.7. The Labute approximate surface area is 195 Å². The molecule has 2 aromatic rings. The highest BCUT2D eigenvalue weighted by Crippen LogP contribution is 2.25. The number of nitrogen functional groups attached to an aromatic ring is 1. The average molecular weight is 467 g/mol. The van der Waals surface area contributed by atoms with Gasteiger partial charge in [-0.1, -0.05) is 0 Å². The molecule has 0 unspecified atom stereocenters. The quantitative estimate of drug-likeness (QED) is 0.346. The Bertz CT molecular complexity index is 1090. The van der Waals surface area contributed by atoms with Gasteiger partial charge in [0.15, 0.2) is 12.2 Å². The molecular weight excluding hydrogens is 442 g/mol. The van der Waals surface area contributed by atoms with Crippen LogP contribution in [-0.4, -0.2) is 73.8 Å². The number of rotatable bonds is 6. The summed E-state index contributed by atoms with van der Waals surface area (Å²) >= 11 is 0. The number of aliphatic hydroxyl groups excluding tert-OH is 1. The first kappa shape index (κ1) is 23.4. The van der Waals surface area contributed by atoms with E-state index in [1.54, 1.807) is 41.3 Å². The van der Waals surface area contributed by atoms with E-state index in [2.05, 4.69) is 5.32 Å². The number of carbonyl (C=O) groups is 3. The molecule has 0 spiro atoms. The number of ether oxygens (including phenoxy) is 2. The third-order valence-electron chi connectivity index (χ3n) is 5.60. The van der Waals surface area contributed by atoms with Crippen molar-refractivity contribution in [3.05, 3.63) is 54.1 Å². The van der Waals surface area contributed by atoms with Crippen molar-refractivity contribution in [3.63, 3.8) is 0 Å². The van der Waals surface area contributed by atoms with Crippen molar-refractivity contribution >= 4 is 40.6 Å². The Kier molecular flexibility index (Phi) is 6.87. The zero-order valence-electron chi connectivity index (χ0n) is 18.3. The van der Waals surface area contributed by atoms with E-state index in [0.29, 0.717) is 35.8 Å². The van der Waals surface area contributed by atoms with Crippen LogP contribution in [0.4, 0.5) is 17.1 Å². The van der Waals surface area contributed by atoms with Crippen LogP contribution in [0, 0.1) is 5.41 Å². The Hall–Kier alpha value is -3.80. The van der Waals surface area contributed by atoms with Gasteiger partial charge in [-0.2, -0.15) is 0 Å². The predicted octanol–water partition coefficient (Wildman–Crippen LogP) is 0.0653.